The second-order valence-corrected chi connectivity index (χ2v) is 6.27. The third-order valence-electron chi connectivity index (χ3n) is 3.70. The van der Waals surface area contributed by atoms with E-state index in [2.05, 4.69) is 29.4 Å². The van der Waals surface area contributed by atoms with Gasteiger partial charge in [0.15, 0.2) is 0 Å². The number of piperidine rings is 1. The molecular formula is C15H31N3O. The quantitative estimate of drug-likeness (QED) is 0.738. The average molecular weight is 269 g/mol. The molecule has 1 heterocycles. The van der Waals surface area contributed by atoms with Gasteiger partial charge in [0.25, 0.3) is 0 Å². The second kappa shape index (κ2) is 8.54. The molecular weight excluding hydrogens is 238 g/mol. The predicted molar refractivity (Wildman–Crippen MR) is 80.2 cm³/mol. The van der Waals surface area contributed by atoms with E-state index in [4.69, 9.17) is 0 Å². The van der Waals surface area contributed by atoms with Crippen LogP contribution >= 0.6 is 0 Å². The van der Waals surface area contributed by atoms with E-state index in [1.165, 1.54) is 12.8 Å². The molecule has 0 saturated carbocycles. The van der Waals surface area contributed by atoms with Crippen molar-refractivity contribution in [3.63, 3.8) is 0 Å². The smallest absolute Gasteiger partial charge is 0.221 e. The minimum absolute atomic E-state index is 0.169. The summed E-state index contributed by atoms with van der Waals surface area (Å²) in [6, 6.07) is 0.747. The minimum Gasteiger partial charge on any atom is -0.354 e. The Balaban J connectivity index is 2.33. The van der Waals surface area contributed by atoms with Gasteiger partial charge in [0.2, 0.25) is 5.91 Å². The van der Waals surface area contributed by atoms with Crippen LogP contribution < -0.4 is 10.6 Å². The SMILES string of the molecule is CC(C)NC(=O)CCN(CC1CCCNC1)C(C)C. The summed E-state index contributed by atoms with van der Waals surface area (Å²) in [5, 5.41) is 6.43. The van der Waals surface area contributed by atoms with Gasteiger partial charge in [-0.15, -0.1) is 0 Å². The fourth-order valence-electron chi connectivity index (χ4n) is 2.61. The van der Waals surface area contributed by atoms with Gasteiger partial charge in [-0.25, -0.2) is 0 Å². The zero-order chi connectivity index (χ0) is 14.3. The van der Waals surface area contributed by atoms with Crippen LogP contribution in [-0.2, 0) is 4.79 Å². The highest BCUT2D eigenvalue weighted by molar-refractivity contribution is 5.76. The molecule has 0 aromatic heterocycles. The maximum absolute atomic E-state index is 11.7. The van der Waals surface area contributed by atoms with Gasteiger partial charge in [-0.1, -0.05) is 0 Å². The largest absolute Gasteiger partial charge is 0.354 e. The van der Waals surface area contributed by atoms with Gasteiger partial charge >= 0.3 is 0 Å². The summed E-state index contributed by atoms with van der Waals surface area (Å²) in [5.74, 6) is 0.909. The lowest BCUT2D eigenvalue weighted by Crippen LogP contribution is -2.43. The molecule has 0 spiro atoms. The van der Waals surface area contributed by atoms with Gasteiger partial charge in [0, 0.05) is 31.6 Å². The first kappa shape index (κ1) is 16.4. The van der Waals surface area contributed by atoms with Gasteiger partial charge in [0.1, 0.15) is 0 Å². The molecule has 1 amide bonds. The van der Waals surface area contributed by atoms with Crippen LogP contribution in [0.15, 0.2) is 0 Å². The highest BCUT2D eigenvalue weighted by Crippen LogP contribution is 2.13. The average Bonchev–Trinajstić information content (AvgIpc) is 2.34. The van der Waals surface area contributed by atoms with Crippen LogP contribution in [0.5, 0.6) is 0 Å². The van der Waals surface area contributed by atoms with E-state index in [0.717, 1.165) is 32.1 Å². The number of carbonyl (C=O) groups is 1. The predicted octanol–water partition coefficient (Wildman–Crippen LogP) is 1.61. The highest BCUT2D eigenvalue weighted by atomic mass is 16.1. The molecule has 4 heteroatoms. The van der Waals surface area contributed by atoms with Gasteiger partial charge in [0.05, 0.1) is 0 Å². The fraction of sp³-hybridized carbons (Fsp3) is 0.933. The van der Waals surface area contributed by atoms with Crippen LogP contribution in [0.3, 0.4) is 0 Å². The van der Waals surface area contributed by atoms with Gasteiger partial charge in [-0.3, -0.25) is 4.79 Å². The molecule has 2 N–H and O–H groups in total. The Morgan fingerprint density at radius 3 is 2.63 bits per heavy atom. The molecule has 0 radical (unpaired) electrons. The van der Waals surface area contributed by atoms with Gasteiger partial charge in [-0.05, 0) is 59.5 Å². The molecule has 4 nitrogen and oxygen atoms in total. The maximum atomic E-state index is 11.7. The lowest BCUT2D eigenvalue weighted by molar-refractivity contribution is -0.122. The molecule has 112 valence electrons. The number of hydrogen-bond acceptors (Lipinski definition) is 3. The van der Waals surface area contributed by atoms with Crippen LogP contribution in [0.25, 0.3) is 0 Å². The fourth-order valence-corrected chi connectivity index (χ4v) is 2.61. The van der Waals surface area contributed by atoms with Crippen LogP contribution in [0.4, 0.5) is 0 Å². The molecule has 0 aromatic rings. The number of rotatable bonds is 7. The summed E-state index contributed by atoms with van der Waals surface area (Å²) >= 11 is 0. The van der Waals surface area contributed by atoms with Crippen molar-refractivity contribution in [1.29, 1.82) is 0 Å². The number of carbonyl (C=O) groups excluding carboxylic acids is 1. The first-order valence-corrected chi connectivity index (χ1v) is 7.73. The zero-order valence-corrected chi connectivity index (χ0v) is 13.0. The molecule has 1 aliphatic heterocycles. The molecule has 1 saturated heterocycles. The van der Waals surface area contributed by atoms with Crippen molar-refractivity contribution < 1.29 is 4.79 Å². The Labute approximate surface area is 118 Å². The van der Waals surface area contributed by atoms with E-state index in [0.29, 0.717) is 12.5 Å². The molecule has 0 aromatic carbocycles. The number of nitrogens with one attached hydrogen (secondary N) is 2. The van der Waals surface area contributed by atoms with E-state index in [-0.39, 0.29) is 11.9 Å². The molecule has 1 aliphatic rings. The van der Waals surface area contributed by atoms with Crippen LogP contribution in [0.1, 0.15) is 47.0 Å². The molecule has 0 bridgehead atoms. The lowest BCUT2D eigenvalue weighted by Gasteiger charge is -2.32. The van der Waals surface area contributed by atoms with Crippen molar-refractivity contribution in [2.45, 2.75) is 59.0 Å². The Kier molecular flexibility index (Phi) is 7.39. The summed E-state index contributed by atoms with van der Waals surface area (Å²) in [6.07, 6.45) is 3.20. The Hall–Kier alpha value is -0.610. The molecule has 1 atom stereocenters. The third kappa shape index (κ3) is 6.92. The van der Waals surface area contributed by atoms with Crippen molar-refractivity contribution >= 4 is 5.91 Å². The summed E-state index contributed by atoms with van der Waals surface area (Å²) in [7, 11) is 0. The Morgan fingerprint density at radius 1 is 1.37 bits per heavy atom. The summed E-state index contributed by atoms with van der Waals surface area (Å²) < 4.78 is 0. The maximum Gasteiger partial charge on any atom is 0.221 e. The molecule has 19 heavy (non-hydrogen) atoms. The van der Waals surface area contributed by atoms with Gasteiger partial charge in [-0.2, -0.15) is 0 Å². The first-order valence-electron chi connectivity index (χ1n) is 7.73. The van der Waals surface area contributed by atoms with E-state index < -0.39 is 0 Å². The third-order valence-corrected chi connectivity index (χ3v) is 3.70. The monoisotopic (exact) mass is 269 g/mol. The zero-order valence-electron chi connectivity index (χ0n) is 13.0. The standard InChI is InChI=1S/C15H31N3O/c1-12(2)17-15(19)7-9-18(13(3)4)11-14-6-5-8-16-10-14/h12-14,16H,5-11H2,1-4H3,(H,17,19). The summed E-state index contributed by atoms with van der Waals surface area (Å²) in [4.78, 5) is 14.2. The number of amides is 1. The Bertz CT molecular complexity index is 260. The molecule has 1 rings (SSSR count). The van der Waals surface area contributed by atoms with Crippen molar-refractivity contribution in [3.8, 4) is 0 Å². The van der Waals surface area contributed by atoms with E-state index in [9.17, 15) is 4.79 Å². The van der Waals surface area contributed by atoms with Crippen LogP contribution in [0.2, 0.25) is 0 Å². The van der Waals surface area contributed by atoms with Gasteiger partial charge < -0.3 is 15.5 Å². The summed E-state index contributed by atoms with van der Waals surface area (Å²) in [6.45, 7) is 12.7. The molecule has 1 unspecified atom stereocenters. The van der Waals surface area contributed by atoms with Crippen molar-refractivity contribution in [3.05, 3.63) is 0 Å². The lowest BCUT2D eigenvalue weighted by atomic mass is 9.98. The van der Waals surface area contributed by atoms with Crippen LogP contribution in [-0.4, -0.2) is 49.1 Å². The van der Waals surface area contributed by atoms with E-state index >= 15 is 0 Å². The second-order valence-electron chi connectivity index (χ2n) is 6.27. The van der Waals surface area contributed by atoms with Crippen molar-refractivity contribution in [1.82, 2.24) is 15.5 Å². The minimum atomic E-state index is 0.169. The van der Waals surface area contributed by atoms with Crippen molar-refractivity contribution in [2.75, 3.05) is 26.2 Å². The summed E-state index contributed by atoms with van der Waals surface area (Å²) in [5.41, 5.74) is 0. The molecule has 0 aliphatic carbocycles. The molecule has 1 fully saturated rings. The first-order chi connectivity index (χ1) is 8.99. The normalized spacial score (nSPS) is 20.3. The van der Waals surface area contributed by atoms with Crippen LogP contribution in [0, 0.1) is 5.92 Å². The van der Waals surface area contributed by atoms with E-state index in [1.807, 2.05) is 13.8 Å². The Morgan fingerprint density at radius 2 is 2.11 bits per heavy atom. The van der Waals surface area contributed by atoms with E-state index in [1.54, 1.807) is 0 Å². The highest BCUT2D eigenvalue weighted by Gasteiger charge is 2.19. The van der Waals surface area contributed by atoms with Crippen molar-refractivity contribution in [2.24, 2.45) is 5.92 Å². The topological polar surface area (TPSA) is 44.4 Å². The number of hydrogen-bond donors (Lipinski definition) is 2. The number of nitrogens with zero attached hydrogens (tertiary/aromatic N) is 1.